The summed E-state index contributed by atoms with van der Waals surface area (Å²) in [6.07, 6.45) is 1.55. The van der Waals surface area contributed by atoms with Gasteiger partial charge in [0, 0.05) is 6.54 Å². The molecular weight excluding hydrogens is 172 g/mol. The minimum Gasteiger partial charge on any atom is -0.348 e. The maximum Gasteiger partial charge on any atom is 0.263 e. The Morgan fingerprint density at radius 2 is 2.58 bits per heavy atom. The standard InChI is InChI=1S/C8H10N2OS/c1-6(2)3-10-8(11)7-4-9-5-12-7/h4-5H,1,3H2,2H3,(H,10,11). The highest BCUT2D eigenvalue weighted by molar-refractivity contribution is 7.11. The molecule has 64 valence electrons. The Hall–Kier alpha value is -1.16. The molecule has 0 aliphatic rings. The molecule has 0 unspecified atom stereocenters. The lowest BCUT2D eigenvalue weighted by molar-refractivity contribution is 0.0961. The first kappa shape index (κ1) is 8.93. The molecule has 1 N–H and O–H groups in total. The minimum absolute atomic E-state index is 0.0829. The smallest absolute Gasteiger partial charge is 0.263 e. The molecule has 12 heavy (non-hydrogen) atoms. The van der Waals surface area contributed by atoms with Gasteiger partial charge in [-0.1, -0.05) is 12.2 Å². The SMILES string of the molecule is C=C(C)CNC(=O)c1cncs1. The Bertz CT molecular complexity index is 279. The van der Waals surface area contributed by atoms with E-state index in [1.165, 1.54) is 11.3 Å². The second-order valence-corrected chi connectivity index (χ2v) is 3.39. The molecular formula is C8H10N2OS. The molecule has 0 aliphatic carbocycles. The fourth-order valence-corrected chi connectivity index (χ4v) is 1.18. The summed E-state index contributed by atoms with van der Waals surface area (Å²) in [7, 11) is 0. The third-order valence-corrected chi connectivity index (χ3v) is 1.98. The van der Waals surface area contributed by atoms with Gasteiger partial charge in [0.15, 0.2) is 0 Å². The minimum atomic E-state index is -0.0829. The van der Waals surface area contributed by atoms with Crippen molar-refractivity contribution in [1.29, 1.82) is 0 Å². The number of hydrogen-bond donors (Lipinski definition) is 1. The second kappa shape index (κ2) is 4.01. The zero-order chi connectivity index (χ0) is 8.97. The Morgan fingerprint density at radius 1 is 1.83 bits per heavy atom. The van der Waals surface area contributed by atoms with Crippen molar-refractivity contribution in [3.63, 3.8) is 0 Å². The van der Waals surface area contributed by atoms with E-state index in [9.17, 15) is 4.79 Å². The molecule has 1 heterocycles. The normalized spacial score (nSPS) is 9.42. The summed E-state index contributed by atoms with van der Waals surface area (Å²) in [5.74, 6) is -0.0829. The number of carbonyl (C=O) groups excluding carboxylic acids is 1. The first-order valence-electron chi connectivity index (χ1n) is 3.51. The molecule has 0 radical (unpaired) electrons. The lowest BCUT2D eigenvalue weighted by Crippen LogP contribution is -2.23. The van der Waals surface area contributed by atoms with Gasteiger partial charge in [-0.15, -0.1) is 11.3 Å². The van der Waals surface area contributed by atoms with Gasteiger partial charge in [-0.05, 0) is 6.92 Å². The first-order valence-corrected chi connectivity index (χ1v) is 4.39. The second-order valence-electron chi connectivity index (χ2n) is 2.51. The highest BCUT2D eigenvalue weighted by Gasteiger charge is 2.04. The molecule has 0 aliphatic heterocycles. The quantitative estimate of drug-likeness (QED) is 0.719. The fraction of sp³-hybridized carbons (Fsp3) is 0.250. The van der Waals surface area contributed by atoms with Gasteiger partial charge in [0.05, 0.1) is 11.7 Å². The van der Waals surface area contributed by atoms with Crippen LogP contribution < -0.4 is 5.32 Å². The van der Waals surface area contributed by atoms with Crippen molar-refractivity contribution in [2.75, 3.05) is 6.54 Å². The Morgan fingerprint density at radius 3 is 3.08 bits per heavy atom. The number of nitrogens with one attached hydrogen (secondary N) is 1. The number of hydrogen-bond acceptors (Lipinski definition) is 3. The highest BCUT2D eigenvalue weighted by Crippen LogP contribution is 2.04. The largest absolute Gasteiger partial charge is 0.348 e. The predicted octanol–water partition coefficient (Wildman–Crippen LogP) is 1.45. The van der Waals surface area contributed by atoms with E-state index in [0.29, 0.717) is 11.4 Å². The van der Waals surface area contributed by atoms with Gasteiger partial charge in [0.25, 0.3) is 5.91 Å². The summed E-state index contributed by atoms with van der Waals surface area (Å²) in [5, 5.41) is 2.72. The maximum absolute atomic E-state index is 11.2. The third-order valence-electron chi connectivity index (χ3n) is 1.21. The van der Waals surface area contributed by atoms with Crippen LogP contribution in [0.5, 0.6) is 0 Å². The molecule has 3 nitrogen and oxygen atoms in total. The Kier molecular flexibility index (Phi) is 2.99. The van der Waals surface area contributed by atoms with Crippen LogP contribution in [0.1, 0.15) is 16.6 Å². The Balaban J connectivity index is 2.45. The van der Waals surface area contributed by atoms with E-state index < -0.39 is 0 Å². The molecule has 0 fully saturated rings. The highest BCUT2D eigenvalue weighted by atomic mass is 32.1. The molecule has 1 aromatic heterocycles. The topological polar surface area (TPSA) is 42.0 Å². The Labute approximate surface area is 75.1 Å². The van der Waals surface area contributed by atoms with Crippen LogP contribution in [0, 0.1) is 0 Å². The van der Waals surface area contributed by atoms with Crippen LogP contribution in [0.2, 0.25) is 0 Å². The number of aromatic nitrogens is 1. The molecule has 0 atom stereocenters. The number of rotatable bonds is 3. The zero-order valence-corrected chi connectivity index (χ0v) is 7.65. The predicted molar refractivity (Wildman–Crippen MR) is 49.3 cm³/mol. The number of amides is 1. The summed E-state index contributed by atoms with van der Waals surface area (Å²) < 4.78 is 0. The van der Waals surface area contributed by atoms with E-state index >= 15 is 0 Å². The molecule has 0 saturated heterocycles. The molecule has 0 aromatic carbocycles. The van der Waals surface area contributed by atoms with Crippen LogP contribution in [0.4, 0.5) is 0 Å². The summed E-state index contributed by atoms with van der Waals surface area (Å²) in [6, 6.07) is 0. The summed E-state index contributed by atoms with van der Waals surface area (Å²) in [4.78, 5) is 15.7. The average molecular weight is 182 g/mol. The van der Waals surface area contributed by atoms with Crippen molar-refractivity contribution < 1.29 is 4.79 Å². The van der Waals surface area contributed by atoms with E-state index in [2.05, 4.69) is 16.9 Å². The van der Waals surface area contributed by atoms with E-state index in [1.54, 1.807) is 11.7 Å². The van der Waals surface area contributed by atoms with Crippen LogP contribution >= 0.6 is 11.3 Å². The fourth-order valence-electron chi connectivity index (χ4n) is 0.646. The van der Waals surface area contributed by atoms with Gasteiger partial charge in [-0.25, -0.2) is 0 Å². The van der Waals surface area contributed by atoms with E-state index in [4.69, 9.17) is 0 Å². The number of nitrogens with zero attached hydrogens (tertiary/aromatic N) is 1. The van der Waals surface area contributed by atoms with Crippen molar-refractivity contribution in [3.8, 4) is 0 Å². The van der Waals surface area contributed by atoms with Gasteiger partial charge in [-0.3, -0.25) is 9.78 Å². The van der Waals surface area contributed by atoms with Gasteiger partial charge in [0.2, 0.25) is 0 Å². The summed E-state index contributed by atoms with van der Waals surface area (Å²) in [6.45, 7) is 6.07. The molecule has 0 spiro atoms. The molecule has 1 rings (SSSR count). The maximum atomic E-state index is 11.2. The molecule has 1 aromatic rings. The van der Waals surface area contributed by atoms with Gasteiger partial charge in [-0.2, -0.15) is 0 Å². The third kappa shape index (κ3) is 2.47. The lowest BCUT2D eigenvalue weighted by atomic mass is 10.3. The van der Waals surface area contributed by atoms with Gasteiger partial charge in [0.1, 0.15) is 4.88 Å². The van der Waals surface area contributed by atoms with E-state index in [-0.39, 0.29) is 5.91 Å². The van der Waals surface area contributed by atoms with Crippen LogP contribution in [-0.4, -0.2) is 17.4 Å². The van der Waals surface area contributed by atoms with Crippen molar-refractivity contribution in [3.05, 3.63) is 28.7 Å². The zero-order valence-electron chi connectivity index (χ0n) is 6.83. The van der Waals surface area contributed by atoms with Gasteiger partial charge >= 0.3 is 0 Å². The van der Waals surface area contributed by atoms with Crippen molar-refractivity contribution in [1.82, 2.24) is 10.3 Å². The van der Waals surface area contributed by atoms with Crippen LogP contribution in [-0.2, 0) is 0 Å². The monoisotopic (exact) mass is 182 g/mol. The summed E-state index contributed by atoms with van der Waals surface area (Å²) in [5.41, 5.74) is 2.57. The lowest BCUT2D eigenvalue weighted by Gasteiger charge is -2.00. The van der Waals surface area contributed by atoms with Crippen LogP contribution in [0.3, 0.4) is 0 Å². The van der Waals surface area contributed by atoms with E-state index in [0.717, 1.165) is 5.57 Å². The van der Waals surface area contributed by atoms with Crippen molar-refractivity contribution in [2.45, 2.75) is 6.92 Å². The molecule has 0 saturated carbocycles. The molecule has 0 bridgehead atoms. The van der Waals surface area contributed by atoms with Crippen LogP contribution in [0.15, 0.2) is 23.9 Å². The number of carbonyl (C=O) groups is 1. The average Bonchev–Trinajstić information content (AvgIpc) is 2.51. The first-order chi connectivity index (χ1) is 5.70. The van der Waals surface area contributed by atoms with Crippen molar-refractivity contribution >= 4 is 17.2 Å². The van der Waals surface area contributed by atoms with Crippen molar-refractivity contribution in [2.24, 2.45) is 0 Å². The summed E-state index contributed by atoms with van der Waals surface area (Å²) >= 11 is 1.33. The molecule has 4 heteroatoms. The van der Waals surface area contributed by atoms with Crippen LogP contribution in [0.25, 0.3) is 0 Å². The number of thiazole rings is 1. The molecule has 1 amide bonds. The van der Waals surface area contributed by atoms with Gasteiger partial charge < -0.3 is 5.32 Å². The van der Waals surface area contributed by atoms with E-state index in [1.807, 2.05) is 6.92 Å².